The highest BCUT2D eigenvalue weighted by Gasteiger charge is 2.70. The van der Waals surface area contributed by atoms with Gasteiger partial charge in [0.25, 0.3) is 0 Å². The molecule has 4 aliphatic rings. The summed E-state index contributed by atoms with van der Waals surface area (Å²) in [7, 11) is 0. The van der Waals surface area contributed by atoms with Crippen LogP contribution >= 0.6 is 11.6 Å². The quantitative estimate of drug-likeness (QED) is 0.181. The van der Waals surface area contributed by atoms with Gasteiger partial charge < -0.3 is 9.84 Å². The average molecular weight is 535 g/mol. The number of Topliss-reactive ketones (excluding diaryl/α,β-unsaturated/α-hetero) is 1. The lowest BCUT2D eigenvalue weighted by Crippen LogP contribution is -2.63. The number of aliphatic hydroxyl groups excluding tert-OH is 1. The number of unbranched alkanes of at least 4 members (excludes halogenated alkanes) is 6. The number of ketones is 2. The highest BCUT2D eigenvalue weighted by molar-refractivity contribution is 6.29. The number of aliphatic hydroxyl groups is 1. The Morgan fingerprint density at radius 1 is 1.05 bits per heavy atom. The Labute approximate surface area is 228 Å². The van der Waals surface area contributed by atoms with Crippen LogP contribution in [0.15, 0.2) is 11.6 Å². The third-order valence-corrected chi connectivity index (χ3v) is 11.1. The van der Waals surface area contributed by atoms with E-state index in [9.17, 15) is 19.5 Å². The van der Waals surface area contributed by atoms with Crippen molar-refractivity contribution >= 4 is 29.1 Å². The number of allylic oxidation sites excluding steroid dienone is 1. The van der Waals surface area contributed by atoms with E-state index in [0.717, 1.165) is 44.9 Å². The van der Waals surface area contributed by atoms with E-state index in [2.05, 4.69) is 20.8 Å². The van der Waals surface area contributed by atoms with Crippen molar-refractivity contribution in [1.29, 1.82) is 0 Å². The largest absolute Gasteiger partial charge is 0.450 e. The van der Waals surface area contributed by atoms with Crippen molar-refractivity contribution in [2.24, 2.45) is 28.6 Å². The van der Waals surface area contributed by atoms with Crippen LogP contribution in [0.1, 0.15) is 117 Å². The zero-order valence-electron chi connectivity index (χ0n) is 23.2. The number of carbonyl (C=O) groups is 3. The third-order valence-electron chi connectivity index (χ3n) is 10.9. The minimum Gasteiger partial charge on any atom is -0.450 e. The highest BCUT2D eigenvalue weighted by Crippen LogP contribution is 2.68. The molecular weight excluding hydrogens is 488 g/mol. The summed E-state index contributed by atoms with van der Waals surface area (Å²) in [6.07, 6.45) is 14.1. The van der Waals surface area contributed by atoms with Crippen molar-refractivity contribution in [3.8, 4) is 0 Å². The first-order valence-corrected chi connectivity index (χ1v) is 15.4. The predicted octanol–water partition coefficient (Wildman–Crippen LogP) is 6.72. The van der Waals surface area contributed by atoms with Gasteiger partial charge in [-0.3, -0.25) is 14.4 Å². The van der Waals surface area contributed by atoms with Gasteiger partial charge in [-0.05, 0) is 74.2 Å². The standard InChI is InChI=1S/C31H47ClO5/c1-4-5-6-7-8-9-10-11-27(36)37-31(26(35)20-32)17-15-24-23-13-12-21-18-22(33)14-16-29(21,2)28(23)25(34)19-30(24,31)3/h18,23-25,28,34H,4-17,19-20H2,1-3H3/t23-,24-,25-,28+,29-,30-,31-/m0/s1. The summed E-state index contributed by atoms with van der Waals surface area (Å²) >= 11 is 6.14. The maximum atomic E-state index is 13.5. The molecule has 0 unspecified atom stereocenters. The van der Waals surface area contributed by atoms with Gasteiger partial charge in [0.05, 0.1) is 12.0 Å². The van der Waals surface area contributed by atoms with E-state index < -0.39 is 17.1 Å². The first-order valence-electron chi connectivity index (χ1n) is 14.9. The normalized spacial score (nSPS) is 38.8. The lowest BCUT2D eigenvalue weighted by Gasteiger charge is -2.60. The van der Waals surface area contributed by atoms with Gasteiger partial charge in [0, 0.05) is 18.3 Å². The molecule has 4 rings (SSSR count). The smallest absolute Gasteiger partial charge is 0.306 e. The summed E-state index contributed by atoms with van der Waals surface area (Å²) in [6.45, 7) is 6.49. The van der Waals surface area contributed by atoms with E-state index in [1.54, 1.807) is 0 Å². The first kappa shape index (κ1) is 28.8. The summed E-state index contributed by atoms with van der Waals surface area (Å²) in [6, 6.07) is 0. The van der Waals surface area contributed by atoms with Crippen molar-refractivity contribution in [2.45, 2.75) is 129 Å². The fourth-order valence-corrected chi connectivity index (χ4v) is 9.15. The molecule has 0 saturated heterocycles. The second-order valence-corrected chi connectivity index (χ2v) is 13.1. The van der Waals surface area contributed by atoms with E-state index in [1.807, 2.05) is 6.08 Å². The number of ether oxygens (including phenoxy) is 1. The minimum atomic E-state index is -1.26. The van der Waals surface area contributed by atoms with Gasteiger partial charge in [0.15, 0.2) is 17.2 Å². The van der Waals surface area contributed by atoms with E-state index in [1.165, 1.54) is 31.3 Å². The molecule has 0 aromatic rings. The van der Waals surface area contributed by atoms with Crippen LogP contribution in [0.5, 0.6) is 0 Å². The Bertz CT molecular complexity index is 913. The van der Waals surface area contributed by atoms with Crippen LogP contribution in [0.2, 0.25) is 0 Å². The molecule has 7 atom stereocenters. The lowest BCUT2D eigenvalue weighted by atomic mass is 9.45. The Balaban J connectivity index is 1.51. The van der Waals surface area contributed by atoms with Crippen LogP contribution in [-0.2, 0) is 19.1 Å². The zero-order chi connectivity index (χ0) is 26.8. The number of hydrogen-bond acceptors (Lipinski definition) is 5. The SMILES string of the molecule is CCCCCCCCCC(=O)O[C@]1(C(=O)CCl)CC[C@H]2[C@@H]3CCC4=CC(=O)CC[C@]4(C)[C@H]3[C@@H](O)C[C@@]21C. The van der Waals surface area contributed by atoms with Gasteiger partial charge >= 0.3 is 5.97 Å². The minimum absolute atomic E-state index is 0.0592. The number of fused-ring (bicyclic) bond motifs is 5. The number of rotatable bonds is 11. The summed E-state index contributed by atoms with van der Waals surface area (Å²) in [5, 5.41) is 11.7. The van der Waals surface area contributed by atoms with Crippen LogP contribution in [0.4, 0.5) is 0 Å². The Morgan fingerprint density at radius 3 is 2.46 bits per heavy atom. The van der Waals surface area contributed by atoms with Gasteiger partial charge in [-0.2, -0.15) is 0 Å². The van der Waals surface area contributed by atoms with Gasteiger partial charge in [0.1, 0.15) is 0 Å². The van der Waals surface area contributed by atoms with Crippen molar-refractivity contribution in [2.75, 3.05) is 5.88 Å². The zero-order valence-corrected chi connectivity index (χ0v) is 23.9. The maximum Gasteiger partial charge on any atom is 0.306 e. The molecule has 5 nitrogen and oxygen atoms in total. The Morgan fingerprint density at radius 2 is 1.76 bits per heavy atom. The van der Waals surface area contributed by atoms with Crippen LogP contribution in [0.3, 0.4) is 0 Å². The number of halogens is 1. The van der Waals surface area contributed by atoms with Crippen LogP contribution in [0.25, 0.3) is 0 Å². The molecule has 37 heavy (non-hydrogen) atoms. The molecule has 0 heterocycles. The molecule has 0 spiro atoms. The van der Waals surface area contributed by atoms with Crippen LogP contribution in [-0.4, -0.2) is 40.2 Å². The van der Waals surface area contributed by atoms with Gasteiger partial charge in [-0.25, -0.2) is 0 Å². The Hall–Kier alpha value is -1.20. The molecule has 0 aromatic heterocycles. The molecule has 0 amide bonds. The van der Waals surface area contributed by atoms with Crippen LogP contribution < -0.4 is 0 Å². The summed E-state index contributed by atoms with van der Waals surface area (Å²) < 4.78 is 6.20. The molecule has 3 fully saturated rings. The lowest BCUT2D eigenvalue weighted by molar-refractivity contribution is -0.200. The van der Waals surface area contributed by atoms with E-state index in [4.69, 9.17) is 16.3 Å². The fourth-order valence-electron chi connectivity index (χ4n) is 8.94. The summed E-state index contributed by atoms with van der Waals surface area (Å²) in [5.41, 5.74) is -0.900. The molecule has 0 aliphatic heterocycles. The van der Waals surface area contributed by atoms with Crippen molar-refractivity contribution in [1.82, 2.24) is 0 Å². The summed E-state index contributed by atoms with van der Waals surface area (Å²) in [5.74, 6) is -0.0539. The van der Waals surface area contributed by atoms with Crippen molar-refractivity contribution in [3.05, 3.63) is 11.6 Å². The van der Waals surface area contributed by atoms with E-state index in [-0.39, 0.29) is 46.6 Å². The monoisotopic (exact) mass is 534 g/mol. The molecule has 4 aliphatic carbocycles. The number of esters is 1. The average Bonchev–Trinajstić information content (AvgIpc) is 3.15. The molecule has 0 bridgehead atoms. The molecular formula is C31H47ClO5. The second-order valence-electron chi connectivity index (χ2n) is 12.8. The second kappa shape index (κ2) is 11.5. The van der Waals surface area contributed by atoms with Crippen LogP contribution in [0, 0.1) is 28.6 Å². The van der Waals surface area contributed by atoms with Crippen molar-refractivity contribution < 1.29 is 24.2 Å². The first-order chi connectivity index (χ1) is 17.6. The van der Waals surface area contributed by atoms with E-state index >= 15 is 0 Å². The molecule has 1 N–H and O–H groups in total. The summed E-state index contributed by atoms with van der Waals surface area (Å²) in [4.78, 5) is 38.7. The molecule has 3 saturated carbocycles. The van der Waals surface area contributed by atoms with E-state index in [0.29, 0.717) is 25.7 Å². The van der Waals surface area contributed by atoms with Crippen molar-refractivity contribution in [3.63, 3.8) is 0 Å². The maximum absolute atomic E-state index is 13.5. The molecule has 0 radical (unpaired) electrons. The molecule has 6 heteroatoms. The topological polar surface area (TPSA) is 80.7 Å². The highest BCUT2D eigenvalue weighted by atomic mass is 35.5. The van der Waals surface area contributed by atoms with Gasteiger partial charge in [-0.15, -0.1) is 11.6 Å². The number of hydrogen-bond donors (Lipinski definition) is 1. The third kappa shape index (κ3) is 5.09. The number of alkyl halides is 1. The molecule has 208 valence electrons. The molecule has 0 aromatic carbocycles. The Kier molecular flexibility index (Phi) is 8.95. The fraction of sp³-hybridized carbons (Fsp3) is 0.839. The van der Waals surface area contributed by atoms with Gasteiger partial charge in [-0.1, -0.05) is 64.9 Å². The predicted molar refractivity (Wildman–Crippen MR) is 145 cm³/mol. The van der Waals surface area contributed by atoms with Gasteiger partial charge in [0.2, 0.25) is 0 Å². The number of carbonyl (C=O) groups excluding carboxylic acids is 3.